The molecule has 9 rings (SSSR count). The highest BCUT2D eigenvalue weighted by molar-refractivity contribution is 6.08. The highest BCUT2D eigenvalue weighted by Crippen LogP contribution is 2.35. The normalized spacial score (nSPS) is 17.1. The van der Waals surface area contributed by atoms with Crippen molar-refractivity contribution in [3.8, 4) is 28.3 Å². The maximum Gasteiger partial charge on any atom is 0.258 e. The van der Waals surface area contributed by atoms with Gasteiger partial charge in [-0.2, -0.15) is 0 Å². The van der Waals surface area contributed by atoms with Gasteiger partial charge in [0, 0.05) is 99.9 Å². The Kier molecular flexibility index (Phi) is 13.3. The van der Waals surface area contributed by atoms with E-state index in [4.69, 9.17) is 4.74 Å². The minimum absolute atomic E-state index is 0.00528. The van der Waals surface area contributed by atoms with Crippen LogP contribution in [0.25, 0.3) is 33.5 Å². The second kappa shape index (κ2) is 19.4. The van der Waals surface area contributed by atoms with E-state index < -0.39 is 23.1 Å². The number of aliphatic hydroxyl groups is 1. The molecule has 15 heteroatoms. The Bertz CT molecular complexity index is 2770. The maximum absolute atomic E-state index is 15.2. The summed E-state index contributed by atoms with van der Waals surface area (Å²) in [4.78, 5) is 58.8. The molecular weight excluding hydrogens is 855 g/mol. The van der Waals surface area contributed by atoms with Crippen LogP contribution in [0.3, 0.4) is 0 Å². The zero-order valence-electron chi connectivity index (χ0n) is 38.2. The van der Waals surface area contributed by atoms with Gasteiger partial charge in [-0.25, -0.2) is 18.7 Å². The van der Waals surface area contributed by atoms with Gasteiger partial charge in [0.2, 0.25) is 5.91 Å². The molecular formula is C52H56F2N8O5. The van der Waals surface area contributed by atoms with E-state index in [9.17, 15) is 23.9 Å². The molecule has 6 aromatic rings. The van der Waals surface area contributed by atoms with Gasteiger partial charge in [0.05, 0.1) is 23.3 Å². The molecule has 3 saturated heterocycles. The number of hydrogen-bond acceptors (Lipinski definition) is 10. The molecule has 3 aliphatic rings. The lowest BCUT2D eigenvalue weighted by Gasteiger charge is -2.37. The van der Waals surface area contributed by atoms with Crippen LogP contribution in [0.1, 0.15) is 66.6 Å². The number of amides is 2. The summed E-state index contributed by atoms with van der Waals surface area (Å²) in [6.45, 7) is 14.3. The van der Waals surface area contributed by atoms with E-state index in [0.717, 1.165) is 101 Å². The minimum Gasteiger partial charge on any atom is -0.490 e. The summed E-state index contributed by atoms with van der Waals surface area (Å²) in [5, 5.41) is 13.6. The van der Waals surface area contributed by atoms with Gasteiger partial charge in [-0.1, -0.05) is 30.3 Å². The molecule has 0 unspecified atom stereocenters. The van der Waals surface area contributed by atoms with Gasteiger partial charge >= 0.3 is 0 Å². The van der Waals surface area contributed by atoms with E-state index in [1.807, 2.05) is 30.3 Å². The third kappa shape index (κ3) is 10.6. The number of likely N-dealkylation sites (tertiary alicyclic amines) is 1. The molecule has 5 heterocycles. The second-order valence-corrected chi connectivity index (χ2v) is 18.5. The molecule has 3 N–H and O–H groups in total. The predicted octanol–water partition coefficient (Wildman–Crippen LogP) is 7.72. The maximum atomic E-state index is 15.2. The van der Waals surface area contributed by atoms with Gasteiger partial charge in [-0.15, -0.1) is 0 Å². The van der Waals surface area contributed by atoms with Gasteiger partial charge in [0.1, 0.15) is 41.2 Å². The van der Waals surface area contributed by atoms with E-state index in [0.29, 0.717) is 46.4 Å². The fourth-order valence-electron chi connectivity index (χ4n) is 9.27. The van der Waals surface area contributed by atoms with Crippen molar-refractivity contribution >= 4 is 40.0 Å². The molecule has 0 saturated carbocycles. The van der Waals surface area contributed by atoms with Crippen molar-refractivity contribution in [1.82, 2.24) is 29.7 Å². The van der Waals surface area contributed by atoms with E-state index in [-0.39, 0.29) is 35.5 Å². The highest BCUT2D eigenvalue weighted by atomic mass is 19.1. The Hall–Kier alpha value is -6.39. The van der Waals surface area contributed by atoms with Crippen LogP contribution in [0.4, 0.5) is 20.2 Å². The first kappa shape index (κ1) is 45.8. The van der Waals surface area contributed by atoms with Crippen molar-refractivity contribution in [2.45, 2.75) is 64.7 Å². The molecule has 0 radical (unpaired) electrons. The first-order valence-electron chi connectivity index (χ1n) is 23.1. The number of rotatable bonds is 13. The lowest BCUT2D eigenvalue weighted by Crippen LogP contribution is -2.49. The lowest BCUT2D eigenvalue weighted by molar-refractivity contribution is -0.128. The quantitative estimate of drug-likeness (QED) is 0.0985. The summed E-state index contributed by atoms with van der Waals surface area (Å²) in [5.74, 6) is -1.46. The largest absolute Gasteiger partial charge is 0.490 e. The Morgan fingerprint density at radius 1 is 0.851 bits per heavy atom. The van der Waals surface area contributed by atoms with Gasteiger partial charge in [-0.3, -0.25) is 24.2 Å². The number of piperazine rings is 1. The highest BCUT2D eigenvalue weighted by Gasteiger charge is 2.27. The zero-order valence-corrected chi connectivity index (χ0v) is 38.2. The molecule has 4 aromatic carbocycles. The van der Waals surface area contributed by atoms with Crippen LogP contribution in [-0.4, -0.2) is 117 Å². The number of ether oxygens (including phenoxy) is 1. The van der Waals surface area contributed by atoms with Crippen LogP contribution in [0.15, 0.2) is 91.3 Å². The third-order valence-corrected chi connectivity index (χ3v) is 13.3. The molecule has 0 aliphatic carbocycles. The van der Waals surface area contributed by atoms with E-state index in [2.05, 4.69) is 59.2 Å². The number of anilines is 2. The second-order valence-electron chi connectivity index (χ2n) is 18.5. The topological polar surface area (TPSA) is 147 Å². The van der Waals surface area contributed by atoms with Crippen LogP contribution >= 0.6 is 0 Å². The number of Topliss-reactive ketones (excluding diaryl/α,β-unsaturated/α-hetero) is 1. The summed E-state index contributed by atoms with van der Waals surface area (Å²) in [6.07, 6.45) is 3.92. The number of nitrogens with zero attached hydrogens (tertiary/aromatic N) is 6. The fourth-order valence-corrected chi connectivity index (χ4v) is 9.27. The van der Waals surface area contributed by atoms with Gasteiger partial charge in [0.25, 0.3) is 5.91 Å². The monoisotopic (exact) mass is 910 g/mol. The van der Waals surface area contributed by atoms with Crippen molar-refractivity contribution in [2.24, 2.45) is 0 Å². The number of H-pyrrole nitrogens is 1. The number of aromatic nitrogens is 3. The fraction of sp³-hybridized carbons (Fsp3) is 0.365. The van der Waals surface area contributed by atoms with Gasteiger partial charge in [-0.05, 0) is 110 Å². The molecule has 0 spiro atoms. The van der Waals surface area contributed by atoms with Crippen molar-refractivity contribution < 1.29 is 33.0 Å². The molecule has 13 nitrogen and oxygen atoms in total. The average molecular weight is 911 g/mol. The first-order valence-corrected chi connectivity index (χ1v) is 23.1. The molecule has 2 aromatic heterocycles. The van der Waals surface area contributed by atoms with Crippen LogP contribution < -0.4 is 15.0 Å². The number of ketones is 1. The van der Waals surface area contributed by atoms with Gasteiger partial charge < -0.3 is 29.9 Å². The van der Waals surface area contributed by atoms with Crippen LogP contribution in [-0.2, 0) is 21.7 Å². The van der Waals surface area contributed by atoms with Gasteiger partial charge in [0.15, 0.2) is 0 Å². The summed E-state index contributed by atoms with van der Waals surface area (Å²) in [7, 11) is 0. The number of halogens is 2. The first-order chi connectivity index (χ1) is 32.2. The van der Waals surface area contributed by atoms with E-state index in [1.165, 1.54) is 50.0 Å². The zero-order chi connectivity index (χ0) is 46.8. The van der Waals surface area contributed by atoms with E-state index in [1.54, 1.807) is 11.8 Å². The van der Waals surface area contributed by atoms with Crippen molar-refractivity contribution in [1.29, 1.82) is 0 Å². The summed E-state index contributed by atoms with van der Waals surface area (Å²) in [6, 6.07) is 24.6. The third-order valence-electron chi connectivity index (χ3n) is 13.3. The number of nitrogens with one attached hydrogen (secondary N) is 2. The van der Waals surface area contributed by atoms with Crippen LogP contribution in [0, 0.1) is 18.6 Å². The molecule has 67 heavy (non-hydrogen) atoms. The average Bonchev–Trinajstić information content (AvgIpc) is 3.76. The van der Waals surface area contributed by atoms with Crippen molar-refractivity contribution in [3.63, 3.8) is 0 Å². The van der Waals surface area contributed by atoms with Crippen LogP contribution in [0.2, 0.25) is 0 Å². The Morgan fingerprint density at radius 3 is 2.24 bits per heavy atom. The minimum atomic E-state index is -1.28. The molecule has 3 aliphatic heterocycles. The molecule has 0 atom stereocenters. The smallest absolute Gasteiger partial charge is 0.258 e. The van der Waals surface area contributed by atoms with Crippen molar-refractivity contribution in [2.75, 3.05) is 69.1 Å². The number of piperidine rings is 2. The molecule has 0 bridgehead atoms. The molecule has 348 valence electrons. The Morgan fingerprint density at radius 2 is 1.55 bits per heavy atom. The Balaban J connectivity index is 0.746. The number of fused-ring (bicyclic) bond motifs is 1. The molecule has 2 amide bonds. The lowest BCUT2D eigenvalue weighted by atomic mass is 9.96. The van der Waals surface area contributed by atoms with Crippen molar-refractivity contribution in [3.05, 3.63) is 125 Å². The predicted molar refractivity (Wildman–Crippen MR) is 254 cm³/mol. The standard InChI is InChI=1S/C52H56F2N8O5/c1-33-43(27-37(53)28-46(33)58-51(65)42-13-8-36(26-45(42)54)52(2,3)66)49-44-30-47(57-50(44)56-32-55-49)35-6-4-34(5-7-35)31-61-24-22-60(23-25-61)21-20-59-17-15-41(16-18-59)67-40-11-9-38(10-12-40)62-19-14-39(63)29-48(62)64/h4-13,26-28,30,32,41,66H,14-25,29,31H2,1-3H3,(H,58,65)(H,55,56,57). The number of aromatic amines is 1. The number of carbonyl (C=O) groups excluding carboxylic acids is 3. The van der Waals surface area contributed by atoms with E-state index >= 15 is 4.39 Å². The number of carbonyl (C=O) groups is 3. The van der Waals surface area contributed by atoms with Crippen LogP contribution in [0.5, 0.6) is 5.75 Å². The summed E-state index contributed by atoms with van der Waals surface area (Å²) in [5.41, 5.74) is 4.91. The molecule has 3 fully saturated rings. The SMILES string of the molecule is Cc1c(NC(=O)c2ccc(C(C)(C)O)cc2F)cc(F)cc1-c1ncnc2[nH]c(-c3ccc(CN4CCN(CCN5CCC(Oc6ccc(N7CCC(=O)CC7=O)cc6)CC5)CC4)cc3)cc12. The summed E-state index contributed by atoms with van der Waals surface area (Å²) < 4.78 is 36.5. The Labute approximate surface area is 388 Å². The summed E-state index contributed by atoms with van der Waals surface area (Å²) >= 11 is 0. The number of hydrogen-bond donors (Lipinski definition) is 3. The number of benzene rings is 4.